The summed E-state index contributed by atoms with van der Waals surface area (Å²) in [5.41, 5.74) is 6.17. The molecule has 0 atom stereocenters. The predicted octanol–water partition coefficient (Wildman–Crippen LogP) is 0.875. The lowest BCUT2D eigenvalue weighted by Gasteiger charge is -2.02. The fraction of sp³-hybridized carbons (Fsp3) is 0.250. The van der Waals surface area contributed by atoms with E-state index < -0.39 is 0 Å². The van der Waals surface area contributed by atoms with Crippen LogP contribution in [0.5, 0.6) is 5.75 Å². The first-order valence-corrected chi connectivity index (χ1v) is 3.45. The highest BCUT2D eigenvalue weighted by Crippen LogP contribution is 2.16. The number of nitrogen functional groups attached to an aromatic ring is 1. The Morgan fingerprint density at radius 2 is 2.33 bits per heavy atom. The lowest BCUT2D eigenvalue weighted by molar-refractivity contribution is 0.101. The van der Waals surface area contributed by atoms with Gasteiger partial charge in [-0.1, -0.05) is 0 Å². The van der Waals surface area contributed by atoms with Crippen LogP contribution in [0.2, 0.25) is 0 Å². The number of carbonyl (C=O) groups excluding carboxylic acids is 1. The van der Waals surface area contributed by atoms with Crippen LogP contribution in [0.15, 0.2) is 12.3 Å². The quantitative estimate of drug-likeness (QED) is 0.662. The molecule has 0 spiro atoms. The van der Waals surface area contributed by atoms with Gasteiger partial charge in [-0.2, -0.15) is 0 Å². The molecule has 0 fully saturated rings. The third-order valence-corrected chi connectivity index (χ3v) is 1.46. The molecule has 64 valence electrons. The van der Waals surface area contributed by atoms with Gasteiger partial charge in [0.05, 0.1) is 19.0 Å². The Balaban J connectivity index is 3.12. The Labute approximate surface area is 70.4 Å². The van der Waals surface area contributed by atoms with Crippen LogP contribution in [0.1, 0.15) is 17.4 Å². The van der Waals surface area contributed by atoms with Crippen molar-refractivity contribution < 1.29 is 9.53 Å². The van der Waals surface area contributed by atoms with Crippen LogP contribution >= 0.6 is 0 Å². The predicted molar refractivity (Wildman–Crippen MR) is 45.2 cm³/mol. The van der Waals surface area contributed by atoms with E-state index in [9.17, 15) is 4.79 Å². The van der Waals surface area contributed by atoms with Gasteiger partial charge in [0.1, 0.15) is 11.4 Å². The van der Waals surface area contributed by atoms with E-state index in [0.717, 1.165) is 0 Å². The zero-order valence-electron chi connectivity index (χ0n) is 7.00. The van der Waals surface area contributed by atoms with E-state index in [1.807, 2.05) is 0 Å². The largest absolute Gasteiger partial charge is 0.495 e. The van der Waals surface area contributed by atoms with Crippen LogP contribution < -0.4 is 10.5 Å². The number of aromatic nitrogens is 1. The van der Waals surface area contributed by atoms with Gasteiger partial charge in [-0.05, 0) is 0 Å². The SMILES string of the molecule is COc1cnc(C(C)=O)c(N)c1. The first-order valence-electron chi connectivity index (χ1n) is 3.45. The molecule has 0 saturated carbocycles. The van der Waals surface area contributed by atoms with E-state index in [4.69, 9.17) is 10.5 Å². The summed E-state index contributed by atoms with van der Waals surface area (Å²) >= 11 is 0. The molecular formula is C8H10N2O2. The molecule has 1 heterocycles. The van der Waals surface area contributed by atoms with Crippen molar-refractivity contribution in [2.75, 3.05) is 12.8 Å². The van der Waals surface area contributed by atoms with Crippen molar-refractivity contribution in [3.8, 4) is 5.75 Å². The molecule has 1 aromatic heterocycles. The fourth-order valence-corrected chi connectivity index (χ4v) is 0.867. The number of nitrogens with zero attached hydrogens (tertiary/aromatic N) is 1. The topological polar surface area (TPSA) is 65.2 Å². The zero-order chi connectivity index (χ0) is 9.14. The number of ketones is 1. The third-order valence-electron chi connectivity index (χ3n) is 1.46. The zero-order valence-corrected chi connectivity index (χ0v) is 7.00. The van der Waals surface area contributed by atoms with Gasteiger partial charge in [-0.3, -0.25) is 4.79 Å². The maximum atomic E-state index is 10.9. The van der Waals surface area contributed by atoms with Crippen LogP contribution in [0.3, 0.4) is 0 Å². The smallest absolute Gasteiger partial charge is 0.180 e. The normalized spacial score (nSPS) is 9.50. The number of hydrogen-bond donors (Lipinski definition) is 1. The number of anilines is 1. The van der Waals surface area contributed by atoms with Gasteiger partial charge in [-0.25, -0.2) is 4.98 Å². The summed E-state index contributed by atoms with van der Waals surface area (Å²) in [4.78, 5) is 14.7. The molecule has 0 aliphatic rings. The van der Waals surface area contributed by atoms with Crippen LogP contribution in [0, 0.1) is 0 Å². The molecule has 4 nitrogen and oxygen atoms in total. The molecule has 0 unspecified atom stereocenters. The van der Waals surface area contributed by atoms with E-state index in [1.165, 1.54) is 20.2 Å². The van der Waals surface area contributed by atoms with Crippen LogP contribution in [0.4, 0.5) is 5.69 Å². The summed E-state index contributed by atoms with van der Waals surface area (Å²) in [5, 5.41) is 0. The van der Waals surface area contributed by atoms with Gasteiger partial charge < -0.3 is 10.5 Å². The van der Waals surface area contributed by atoms with Gasteiger partial charge >= 0.3 is 0 Å². The standard InChI is InChI=1S/C8H10N2O2/c1-5(11)8-7(9)3-6(12-2)4-10-8/h3-4H,9H2,1-2H3. The second-order valence-corrected chi connectivity index (χ2v) is 2.37. The van der Waals surface area contributed by atoms with Gasteiger partial charge in [-0.15, -0.1) is 0 Å². The van der Waals surface area contributed by atoms with Crippen LogP contribution in [0.25, 0.3) is 0 Å². The van der Waals surface area contributed by atoms with Gasteiger partial charge in [0.15, 0.2) is 5.78 Å². The molecular weight excluding hydrogens is 156 g/mol. The second-order valence-electron chi connectivity index (χ2n) is 2.37. The Morgan fingerprint density at radius 1 is 1.67 bits per heavy atom. The number of Topliss-reactive ketones (excluding diaryl/α,β-unsaturated/α-hetero) is 1. The van der Waals surface area contributed by atoms with Gasteiger partial charge in [0.2, 0.25) is 0 Å². The molecule has 0 aliphatic carbocycles. The molecule has 2 N–H and O–H groups in total. The number of ether oxygens (including phenoxy) is 1. The molecule has 0 saturated heterocycles. The summed E-state index contributed by atoms with van der Waals surface area (Å²) < 4.78 is 4.88. The number of hydrogen-bond acceptors (Lipinski definition) is 4. The van der Waals surface area contributed by atoms with Crippen molar-refractivity contribution in [2.24, 2.45) is 0 Å². The molecule has 1 aromatic rings. The lowest BCUT2D eigenvalue weighted by atomic mass is 10.2. The summed E-state index contributed by atoms with van der Waals surface area (Å²) in [6.07, 6.45) is 1.47. The minimum Gasteiger partial charge on any atom is -0.495 e. The van der Waals surface area contributed by atoms with E-state index in [-0.39, 0.29) is 11.5 Å². The van der Waals surface area contributed by atoms with Crippen LogP contribution in [-0.4, -0.2) is 17.9 Å². The molecule has 0 aliphatic heterocycles. The van der Waals surface area contributed by atoms with E-state index in [0.29, 0.717) is 11.4 Å². The molecule has 0 radical (unpaired) electrons. The molecule has 1 rings (SSSR count). The molecule has 0 bridgehead atoms. The average Bonchev–Trinajstić information content (AvgIpc) is 2.03. The fourth-order valence-electron chi connectivity index (χ4n) is 0.867. The number of nitrogens with two attached hydrogens (primary N) is 1. The Hall–Kier alpha value is -1.58. The van der Waals surface area contributed by atoms with E-state index in [1.54, 1.807) is 6.07 Å². The number of rotatable bonds is 2. The molecule has 4 heteroatoms. The van der Waals surface area contributed by atoms with Crippen molar-refractivity contribution in [1.82, 2.24) is 4.98 Å². The van der Waals surface area contributed by atoms with E-state index >= 15 is 0 Å². The molecule has 12 heavy (non-hydrogen) atoms. The van der Waals surface area contributed by atoms with Gasteiger partial charge in [0.25, 0.3) is 0 Å². The summed E-state index contributed by atoms with van der Waals surface area (Å²) in [6, 6.07) is 1.57. The number of methoxy groups -OCH3 is 1. The Bertz CT molecular complexity index is 310. The highest BCUT2D eigenvalue weighted by Gasteiger charge is 2.06. The Morgan fingerprint density at radius 3 is 2.75 bits per heavy atom. The molecule has 0 aromatic carbocycles. The summed E-state index contributed by atoms with van der Waals surface area (Å²) in [6.45, 7) is 1.42. The minimum absolute atomic E-state index is 0.143. The maximum Gasteiger partial charge on any atom is 0.180 e. The minimum atomic E-state index is -0.143. The van der Waals surface area contributed by atoms with Crippen molar-refractivity contribution in [1.29, 1.82) is 0 Å². The first-order chi connectivity index (χ1) is 5.65. The summed E-state index contributed by atoms with van der Waals surface area (Å²) in [7, 11) is 1.52. The van der Waals surface area contributed by atoms with Crippen molar-refractivity contribution in [3.63, 3.8) is 0 Å². The maximum absolute atomic E-state index is 10.9. The van der Waals surface area contributed by atoms with Crippen molar-refractivity contribution in [2.45, 2.75) is 6.92 Å². The second kappa shape index (κ2) is 3.21. The summed E-state index contributed by atoms with van der Waals surface area (Å²) in [5.74, 6) is 0.410. The average molecular weight is 166 g/mol. The first kappa shape index (κ1) is 8.52. The van der Waals surface area contributed by atoms with Crippen LogP contribution in [-0.2, 0) is 0 Å². The third kappa shape index (κ3) is 1.53. The monoisotopic (exact) mass is 166 g/mol. The number of pyridine rings is 1. The van der Waals surface area contributed by atoms with E-state index in [2.05, 4.69) is 4.98 Å². The van der Waals surface area contributed by atoms with Gasteiger partial charge in [0, 0.05) is 13.0 Å². The highest BCUT2D eigenvalue weighted by atomic mass is 16.5. The molecule has 0 amide bonds. The Kier molecular flexibility index (Phi) is 2.28. The highest BCUT2D eigenvalue weighted by molar-refractivity contribution is 5.97. The lowest BCUT2D eigenvalue weighted by Crippen LogP contribution is -2.03. The van der Waals surface area contributed by atoms with Crippen molar-refractivity contribution in [3.05, 3.63) is 18.0 Å². The van der Waals surface area contributed by atoms with Crippen molar-refractivity contribution >= 4 is 11.5 Å². The number of carbonyl (C=O) groups is 1.